The molecule has 0 aliphatic heterocycles. The molecule has 0 aliphatic carbocycles. The Morgan fingerprint density at radius 3 is 2.87 bits per heavy atom. The predicted molar refractivity (Wildman–Crippen MR) is 87.9 cm³/mol. The molecule has 0 atom stereocenters. The quantitative estimate of drug-likeness (QED) is 0.722. The van der Waals surface area contributed by atoms with Gasteiger partial charge < -0.3 is 11.5 Å². The van der Waals surface area contributed by atoms with E-state index in [1.807, 2.05) is 12.1 Å². The van der Waals surface area contributed by atoms with Crippen molar-refractivity contribution in [3.05, 3.63) is 66.0 Å². The predicted octanol–water partition coefficient (Wildman–Crippen LogP) is 2.24. The van der Waals surface area contributed by atoms with Crippen molar-refractivity contribution in [2.75, 3.05) is 5.73 Å². The van der Waals surface area contributed by atoms with Crippen LogP contribution in [0.25, 0.3) is 5.52 Å². The van der Waals surface area contributed by atoms with Crippen LogP contribution in [0.3, 0.4) is 0 Å². The van der Waals surface area contributed by atoms with E-state index in [1.165, 1.54) is 18.6 Å². The molecule has 0 spiro atoms. The van der Waals surface area contributed by atoms with E-state index in [4.69, 9.17) is 11.5 Å². The van der Waals surface area contributed by atoms with Gasteiger partial charge in [-0.2, -0.15) is 5.10 Å². The highest BCUT2D eigenvalue weighted by Crippen LogP contribution is 2.18. The van der Waals surface area contributed by atoms with Crippen molar-refractivity contribution in [1.82, 2.24) is 14.6 Å². The first-order valence-electron chi connectivity index (χ1n) is 6.95. The zero-order valence-electron chi connectivity index (χ0n) is 12.2. The average molecular weight is 310 g/mol. The van der Waals surface area contributed by atoms with Crippen LogP contribution in [0.15, 0.2) is 59.5 Å². The third-order valence-corrected chi connectivity index (χ3v) is 3.38. The summed E-state index contributed by atoms with van der Waals surface area (Å²) in [6, 6.07) is 10.0. The van der Waals surface area contributed by atoms with Gasteiger partial charge in [0.15, 0.2) is 5.82 Å². The topological polar surface area (TPSA) is 94.6 Å². The van der Waals surface area contributed by atoms with Gasteiger partial charge in [0.05, 0.1) is 5.69 Å². The summed E-state index contributed by atoms with van der Waals surface area (Å²) in [5, 5.41) is 4.17. The summed E-state index contributed by atoms with van der Waals surface area (Å²) >= 11 is 0. The van der Waals surface area contributed by atoms with Crippen LogP contribution in [0, 0.1) is 5.82 Å². The highest BCUT2D eigenvalue weighted by molar-refractivity contribution is 5.81. The Morgan fingerprint density at radius 2 is 2.09 bits per heavy atom. The molecule has 0 saturated carbocycles. The minimum absolute atomic E-state index is 0.262. The SMILES string of the molecule is NC=C(C=Nc1ccccc1F)Cc1ccc2c(N)ncnn12. The molecule has 4 N–H and O–H groups in total. The van der Waals surface area contributed by atoms with Crippen molar-refractivity contribution in [1.29, 1.82) is 0 Å². The van der Waals surface area contributed by atoms with Crippen LogP contribution in [0.4, 0.5) is 15.9 Å². The Balaban J connectivity index is 1.85. The van der Waals surface area contributed by atoms with Crippen LogP contribution in [-0.2, 0) is 6.42 Å². The molecule has 2 heterocycles. The lowest BCUT2D eigenvalue weighted by atomic mass is 10.2. The number of nitrogen functional groups attached to an aromatic ring is 1. The smallest absolute Gasteiger partial charge is 0.151 e. The van der Waals surface area contributed by atoms with Gasteiger partial charge in [-0.15, -0.1) is 0 Å². The maximum absolute atomic E-state index is 13.6. The number of nitrogens with zero attached hydrogens (tertiary/aromatic N) is 4. The van der Waals surface area contributed by atoms with Crippen molar-refractivity contribution in [3.63, 3.8) is 0 Å². The van der Waals surface area contributed by atoms with Gasteiger partial charge in [-0.25, -0.2) is 13.9 Å². The second kappa shape index (κ2) is 6.27. The highest BCUT2D eigenvalue weighted by atomic mass is 19.1. The van der Waals surface area contributed by atoms with E-state index in [-0.39, 0.29) is 11.5 Å². The molecule has 1 aromatic carbocycles. The van der Waals surface area contributed by atoms with Gasteiger partial charge in [0.1, 0.15) is 17.7 Å². The number of hydrogen-bond donors (Lipinski definition) is 2. The largest absolute Gasteiger partial charge is 0.404 e. The summed E-state index contributed by atoms with van der Waals surface area (Å²) in [7, 11) is 0. The van der Waals surface area contributed by atoms with E-state index >= 15 is 0 Å². The van der Waals surface area contributed by atoms with Crippen LogP contribution in [0.1, 0.15) is 5.69 Å². The molecule has 0 unspecified atom stereocenters. The zero-order chi connectivity index (χ0) is 16.2. The highest BCUT2D eigenvalue weighted by Gasteiger charge is 2.07. The third-order valence-electron chi connectivity index (χ3n) is 3.38. The fourth-order valence-electron chi connectivity index (χ4n) is 2.21. The van der Waals surface area contributed by atoms with Crippen molar-refractivity contribution < 1.29 is 4.39 Å². The Morgan fingerprint density at radius 1 is 1.26 bits per heavy atom. The Kier molecular flexibility index (Phi) is 4.01. The van der Waals surface area contributed by atoms with E-state index in [1.54, 1.807) is 28.9 Å². The second-order valence-corrected chi connectivity index (χ2v) is 4.89. The van der Waals surface area contributed by atoms with Gasteiger partial charge in [0.2, 0.25) is 0 Å². The summed E-state index contributed by atoms with van der Waals surface area (Å²) in [6.45, 7) is 0. The molecule has 0 fully saturated rings. The van der Waals surface area contributed by atoms with Gasteiger partial charge in [-0.3, -0.25) is 4.99 Å². The second-order valence-electron chi connectivity index (χ2n) is 4.89. The van der Waals surface area contributed by atoms with Crippen molar-refractivity contribution >= 4 is 23.2 Å². The number of aromatic nitrogens is 3. The van der Waals surface area contributed by atoms with Crippen LogP contribution < -0.4 is 11.5 Å². The molecular formula is C16H15FN6. The summed E-state index contributed by atoms with van der Waals surface area (Å²) in [4.78, 5) is 8.08. The number of rotatable bonds is 4. The van der Waals surface area contributed by atoms with Crippen LogP contribution in [0.2, 0.25) is 0 Å². The van der Waals surface area contributed by atoms with Gasteiger partial charge in [0.25, 0.3) is 0 Å². The molecule has 3 rings (SSSR count). The van der Waals surface area contributed by atoms with Crippen LogP contribution >= 0.6 is 0 Å². The fraction of sp³-hybridized carbons (Fsp3) is 0.0625. The van der Waals surface area contributed by atoms with E-state index in [9.17, 15) is 4.39 Å². The van der Waals surface area contributed by atoms with E-state index in [0.29, 0.717) is 12.2 Å². The number of para-hydroxylation sites is 1. The molecule has 7 heteroatoms. The lowest BCUT2D eigenvalue weighted by Gasteiger charge is -2.03. The van der Waals surface area contributed by atoms with Gasteiger partial charge >= 0.3 is 0 Å². The summed E-state index contributed by atoms with van der Waals surface area (Å²) in [5.41, 5.74) is 14.1. The van der Waals surface area contributed by atoms with Crippen molar-refractivity contribution in [2.24, 2.45) is 10.7 Å². The summed E-state index contributed by atoms with van der Waals surface area (Å²) in [6.07, 6.45) is 4.86. The molecule has 116 valence electrons. The average Bonchev–Trinajstić information content (AvgIpc) is 2.97. The van der Waals surface area contributed by atoms with Crippen LogP contribution in [0.5, 0.6) is 0 Å². The minimum atomic E-state index is -0.381. The number of aliphatic imine (C=N–C) groups is 1. The van der Waals surface area contributed by atoms with Crippen LogP contribution in [-0.4, -0.2) is 20.8 Å². The lowest BCUT2D eigenvalue weighted by Crippen LogP contribution is -2.04. The first kappa shape index (κ1) is 14.7. The number of fused-ring (bicyclic) bond motifs is 1. The van der Waals surface area contributed by atoms with Crippen molar-refractivity contribution in [3.8, 4) is 0 Å². The standard InChI is InChI=1S/C16H15FN6/c17-13-3-1-2-4-14(13)20-9-11(8-18)7-12-5-6-15-16(19)21-10-22-23(12)15/h1-6,8-10H,7,18H2,(H2,19,21,22). The number of benzene rings is 1. The maximum Gasteiger partial charge on any atom is 0.151 e. The maximum atomic E-state index is 13.6. The molecule has 0 amide bonds. The molecule has 6 nitrogen and oxygen atoms in total. The van der Waals surface area contributed by atoms with Gasteiger partial charge in [-0.05, 0) is 36.0 Å². The van der Waals surface area contributed by atoms with Gasteiger partial charge in [0, 0.05) is 18.3 Å². The summed E-state index contributed by atoms with van der Waals surface area (Å²) in [5.74, 6) is 0.0262. The van der Waals surface area contributed by atoms with E-state index in [0.717, 1.165) is 16.8 Å². The Labute approximate surface area is 132 Å². The monoisotopic (exact) mass is 310 g/mol. The Hall–Kier alpha value is -3.22. The fourth-order valence-corrected chi connectivity index (χ4v) is 2.21. The number of anilines is 1. The van der Waals surface area contributed by atoms with E-state index in [2.05, 4.69) is 15.1 Å². The molecule has 0 radical (unpaired) electrons. The molecule has 0 saturated heterocycles. The first-order valence-corrected chi connectivity index (χ1v) is 6.95. The molecule has 0 aliphatic rings. The normalized spacial score (nSPS) is 12.3. The van der Waals surface area contributed by atoms with Gasteiger partial charge in [-0.1, -0.05) is 12.1 Å². The molecular weight excluding hydrogens is 295 g/mol. The molecule has 2 aromatic heterocycles. The van der Waals surface area contributed by atoms with Crippen molar-refractivity contribution in [2.45, 2.75) is 6.42 Å². The zero-order valence-corrected chi connectivity index (χ0v) is 12.2. The number of halogens is 1. The van der Waals surface area contributed by atoms with E-state index < -0.39 is 0 Å². The molecule has 0 bridgehead atoms. The first-order chi connectivity index (χ1) is 11.2. The number of hydrogen-bond acceptors (Lipinski definition) is 5. The Bertz CT molecular complexity index is 896. The molecule has 23 heavy (non-hydrogen) atoms. The number of allylic oxidation sites excluding steroid dienone is 1. The summed E-state index contributed by atoms with van der Waals surface area (Å²) < 4.78 is 15.3. The number of nitrogens with two attached hydrogens (primary N) is 2. The lowest BCUT2D eigenvalue weighted by molar-refractivity contribution is 0.630. The molecule has 3 aromatic rings. The third kappa shape index (κ3) is 3.03. The minimum Gasteiger partial charge on any atom is -0.404 e.